The number of hydrogen-bond acceptors (Lipinski definition) is 14. The van der Waals surface area contributed by atoms with Gasteiger partial charge in [0.25, 0.3) is 0 Å². The molecule has 2 N–H and O–H groups in total. The van der Waals surface area contributed by atoms with Crippen molar-refractivity contribution in [3.63, 3.8) is 0 Å². The fraction of sp³-hybridized carbons (Fsp3) is 0.377. The van der Waals surface area contributed by atoms with E-state index in [9.17, 15) is 43.5 Å². The van der Waals surface area contributed by atoms with Crippen LogP contribution in [0.25, 0.3) is 0 Å². The van der Waals surface area contributed by atoms with E-state index in [2.05, 4.69) is 41.5 Å². The molecule has 3 aliphatic carbocycles. The molecule has 8 rings (SSSR count). The first-order chi connectivity index (χ1) is 35.8. The van der Waals surface area contributed by atoms with Crippen molar-refractivity contribution in [2.24, 2.45) is 0 Å². The van der Waals surface area contributed by atoms with Crippen molar-refractivity contribution in [1.82, 2.24) is 0 Å². The van der Waals surface area contributed by atoms with E-state index in [1.807, 2.05) is 12.1 Å². The number of benzene rings is 5. The Hall–Kier alpha value is -7.16. The van der Waals surface area contributed by atoms with Crippen LogP contribution in [0.4, 0.5) is 0 Å². The van der Waals surface area contributed by atoms with Crippen LogP contribution in [0.1, 0.15) is 202 Å². The molecule has 15 nitrogen and oxygen atoms in total. The van der Waals surface area contributed by atoms with Crippen molar-refractivity contribution in [1.29, 1.82) is 0 Å². The van der Waals surface area contributed by atoms with Crippen LogP contribution in [0.5, 0.6) is 11.5 Å². The van der Waals surface area contributed by atoms with Crippen molar-refractivity contribution in [2.45, 2.75) is 129 Å². The van der Waals surface area contributed by atoms with Crippen LogP contribution in [0.2, 0.25) is 0 Å². The maximum absolute atomic E-state index is 12.8. The molecule has 5 aromatic carbocycles. The van der Waals surface area contributed by atoms with Crippen molar-refractivity contribution in [3.05, 3.63) is 164 Å². The Morgan fingerprint density at radius 1 is 0.455 bits per heavy atom. The van der Waals surface area contributed by atoms with E-state index >= 15 is 0 Å². The number of hydrogen-bond donors (Lipinski definition) is 2. The van der Waals surface area contributed by atoms with E-state index in [4.69, 9.17) is 28.8 Å². The Labute approximate surface area is 461 Å². The third kappa shape index (κ3) is 14.7. The number of esters is 5. The molecule has 3 aliphatic rings. The number of carboxylic acids is 1. The fourth-order valence-corrected chi connectivity index (χ4v) is 9.53. The van der Waals surface area contributed by atoms with Gasteiger partial charge in [0.15, 0.2) is 11.6 Å². The number of aromatic carboxylic acids is 1. The van der Waals surface area contributed by atoms with Crippen LogP contribution >= 0.6 is 0 Å². The molecule has 0 aliphatic heterocycles. The molecule has 0 aromatic heterocycles. The molecule has 16 heteroatoms. The molecule has 0 amide bonds. The van der Waals surface area contributed by atoms with Crippen molar-refractivity contribution in [2.75, 3.05) is 19.8 Å². The number of aliphatic hydroxyl groups is 1. The van der Waals surface area contributed by atoms with Crippen LogP contribution < -0.4 is 9.47 Å². The van der Waals surface area contributed by atoms with Crippen LogP contribution in [0, 0.1) is 0 Å². The number of carbonyl (C=O) groups excluding carboxylic acids is 7. The summed E-state index contributed by atoms with van der Waals surface area (Å²) in [5, 5.41) is 20.3. The molecule has 5 aromatic rings. The molecular formula is C61H66O15Zn. The topological polar surface area (TPSA) is 223 Å². The van der Waals surface area contributed by atoms with Gasteiger partial charge in [0.05, 0.1) is 54.1 Å². The summed E-state index contributed by atoms with van der Waals surface area (Å²) >= 11 is 0. The summed E-state index contributed by atoms with van der Waals surface area (Å²) < 4.78 is 25.8. The first-order valence-electron chi connectivity index (χ1n) is 25.4. The number of fused-ring (bicyclic) bond motifs is 3. The maximum atomic E-state index is 12.8. The van der Waals surface area contributed by atoms with Gasteiger partial charge in [-0.05, 0) is 170 Å². The molecule has 0 saturated carbocycles. The minimum atomic E-state index is -1.42. The van der Waals surface area contributed by atoms with E-state index < -0.39 is 41.4 Å². The molecule has 0 spiro atoms. The predicted molar refractivity (Wildman–Crippen MR) is 282 cm³/mol. The summed E-state index contributed by atoms with van der Waals surface area (Å²) in [7, 11) is 0. The van der Waals surface area contributed by atoms with E-state index in [1.54, 1.807) is 69.3 Å². The van der Waals surface area contributed by atoms with Gasteiger partial charge >= 0.3 is 35.8 Å². The Kier molecular flexibility index (Phi) is 20.0. The molecule has 0 radical (unpaired) electrons. The van der Waals surface area contributed by atoms with E-state index in [-0.39, 0.29) is 83.8 Å². The molecular weight excluding hydrogens is 1040 g/mol. The molecule has 77 heavy (non-hydrogen) atoms. The maximum Gasteiger partial charge on any atom is 0.343 e. The zero-order chi connectivity index (χ0) is 55.8. The quantitative estimate of drug-likeness (QED) is 0.0513. The summed E-state index contributed by atoms with van der Waals surface area (Å²) in [5.41, 5.74) is 4.27. The number of carboxylic acid groups (broad SMARTS) is 1. The molecule has 1 atom stereocenters. The van der Waals surface area contributed by atoms with E-state index in [0.29, 0.717) is 71.4 Å². The monoisotopic (exact) mass is 1100 g/mol. The van der Waals surface area contributed by atoms with E-state index in [0.717, 1.165) is 29.5 Å². The smallest absolute Gasteiger partial charge is 0.343 e. The average molecular weight is 1100 g/mol. The zero-order valence-electron chi connectivity index (χ0n) is 45.3. The van der Waals surface area contributed by atoms with Gasteiger partial charge in [-0.2, -0.15) is 0 Å². The van der Waals surface area contributed by atoms with Crippen LogP contribution in [0.3, 0.4) is 0 Å². The molecule has 0 bridgehead atoms. The number of ether oxygens (including phenoxy) is 5. The first kappa shape index (κ1) is 60.7. The minimum Gasteiger partial charge on any atom is -0.478 e. The fourth-order valence-electron chi connectivity index (χ4n) is 9.53. The second-order valence-electron chi connectivity index (χ2n) is 20.9. The Morgan fingerprint density at radius 2 is 0.831 bits per heavy atom. The molecule has 402 valence electrons. The van der Waals surface area contributed by atoms with Gasteiger partial charge in [0, 0.05) is 43.4 Å². The van der Waals surface area contributed by atoms with Gasteiger partial charge in [0.2, 0.25) is 0 Å². The van der Waals surface area contributed by atoms with Gasteiger partial charge in [-0.1, -0.05) is 59.7 Å². The van der Waals surface area contributed by atoms with Crippen LogP contribution in [0.15, 0.2) is 103 Å². The average Bonchev–Trinajstić information content (AvgIpc) is 3.39. The zero-order valence-corrected chi connectivity index (χ0v) is 48.3. The standard InChI is InChI=1S/C26H30O7.C22H22O5.C13H14O3.Zn/c1-5-31-22(27)16-26(30)14-13-25(3,4)20-12-9-18(15-21(20)26)24(29)33-19-10-7-17(8-11-19)23(28)32-6-2;1-4-26-20(24)14-5-8-16(9-6-14)27-21(25)15-7-10-18-17(13-15)19(23)11-12-22(18,2)3;1-13(2)6-5-11(14)9-7-8(12(15)16)3-4-10(9)13;/h7-12,15,30H,5-6,13-14,16H2,1-4H3;5-10,13H,4,11-12H2,1-3H3;3-4,7H,5-6H2,1-2H3,(H,15,16);. The number of ketones is 2. The van der Waals surface area contributed by atoms with Gasteiger partial charge in [-0.25, -0.2) is 24.0 Å². The summed E-state index contributed by atoms with van der Waals surface area (Å²) in [6.45, 7) is 18.5. The van der Waals surface area contributed by atoms with Gasteiger partial charge < -0.3 is 33.9 Å². The normalized spacial score (nSPS) is 17.0. The Balaban J connectivity index is 0.000000223. The Morgan fingerprint density at radius 3 is 1.26 bits per heavy atom. The SMILES string of the molecule is CC1(C)CCC(=O)c2cc(C(=O)O)ccc21.CCOC(=O)CC1(O)CCC(C)(C)c2ccc(C(=O)Oc3ccc(C(=O)OCC)cc3)cc21.CCOC(=O)c1ccc(OC(=O)c2ccc3c(c2)C(=O)CCC3(C)C)cc1.[Zn]. The number of Topliss-reactive ketones (excluding diaryl/α,β-unsaturated/α-hetero) is 2. The second-order valence-corrected chi connectivity index (χ2v) is 20.9. The summed E-state index contributed by atoms with van der Waals surface area (Å²) in [6, 6.07) is 27.3. The molecule has 0 fully saturated rings. The summed E-state index contributed by atoms with van der Waals surface area (Å²) in [4.78, 5) is 95.8. The largest absolute Gasteiger partial charge is 0.478 e. The predicted octanol–water partition coefficient (Wildman–Crippen LogP) is 11.3. The van der Waals surface area contributed by atoms with Gasteiger partial charge in [0.1, 0.15) is 17.1 Å². The number of carbonyl (C=O) groups is 8. The van der Waals surface area contributed by atoms with Gasteiger partial charge in [-0.15, -0.1) is 0 Å². The summed E-state index contributed by atoms with van der Waals surface area (Å²) in [5.74, 6) is -2.80. The van der Waals surface area contributed by atoms with Crippen LogP contribution in [-0.4, -0.2) is 77.4 Å². The third-order valence-corrected chi connectivity index (χ3v) is 14.1. The van der Waals surface area contributed by atoms with Crippen molar-refractivity contribution >= 4 is 47.4 Å². The third-order valence-electron chi connectivity index (χ3n) is 14.1. The van der Waals surface area contributed by atoms with Crippen molar-refractivity contribution in [3.8, 4) is 11.5 Å². The Bertz CT molecular complexity index is 3040. The summed E-state index contributed by atoms with van der Waals surface area (Å²) in [6.07, 6.45) is 3.49. The van der Waals surface area contributed by atoms with Crippen molar-refractivity contribution < 1.29 is 91.7 Å². The van der Waals surface area contributed by atoms with Crippen LogP contribution in [-0.2, 0) is 60.3 Å². The molecule has 1 unspecified atom stereocenters. The molecule has 0 heterocycles. The minimum absolute atomic E-state index is 0. The second kappa shape index (κ2) is 25.3. The van der Waals surface area contributed by atoms with E-state index in [1.165, 1.54) is 42.5 Å². The van der Waals surface area contributed by atoms with Gasteiger partial charge in [-0.3, -0.25) is 14.4 Å². The molecule has 0 saturated heterocycles. The first-order valence-corrected chi connectivity index (χ1v) is 25.4. The number of rotatable bonds is 12.